The standard InChI is InChI=1S/C17H16N4O3S/c1-11-3-5-13(6-4-11)9-18-21-16(14-7-8-24-12(14)2)19-20-17(21)25-10-15(22)23/h3-9H,10H2,1-2H3,(H,22,23)/p-1/b18-9-. The number of nitrogens with zero attached hydrogens (tertiary/aromatic N) is 4. The fourth-order valence-corrected chi connectivity index (χ4v) is 2.75. The van der Waals surface area contributed by atoms with Gasteiger partial charge in [0.25, 0.3) is 0 Å². The van der Waals surface area contributed by atoms with Crippen LogP contribution in [0.3, 0.4) is 0 Å². The zero-order valence-corrected chi connectivity index (χ0v) is 14.5. The van der Waals surface area contributed by atoms with Gasteiger partial charge < -0.3 is 14.3 Å². The first-order chi connectivity index (χ1) is 12.0. The zero-order valence-electron chi connectivity index (χ0n) is 13.7. The molecule has 0 amide bonds. The number of hydrogen-bond acceptors (Lipinski definition) is 7. The second kappa shape index (κ2) is 7.35. The number of aliphatic carboxylic acids is 1. The van der Waals surface area contributed by atoms with Crippen LogP contribution in [0.5, 0.6) is 0 Å². The maximum atomic E-state index is 10.7. The van der Waals surface area contributed by atoms with Gasteiger partial charge in [0.2, 0.25) is 5.16 Å². The van der Waals surface area contributed by atoms with E-state index in [1.165, 1.54) is 4.68 Å². The predicted octanol–water partition coefficient (Wildman–Crippen LogP) is 1.88. The number of rotatable bonds is 6. The summed E-state index contributed by atoms with van der Waals surface area (Å²) in [7, 11) is 0. The summed E-state index contributed by atoms with van der Waals surface area (Å²) in [5.74, 6) is -0.253. The molecule has 0 atom stereocenters. The summed E-state index contributed by atoms with van der Waals surface area (Å²) in [6, 6.07) is 9.63. The third-order valence-electron chi connectivity index (χ3n) is 3.43. The van der Waals surface area contributed by atoms with E-state index in [2.05, 4.69) is 15.3 Å². The van der Waals surface area contributed by atoms with E-state index in [1.54, 1.807) is 18.5 Å². The van der Waals surface area contributed by atoms with Crippen LogP contribution in [-0.4, -0.2) is 32.8 Å². The minimum absolute atomic E-state index is 0.234. The molecule has 3 aromatic rings. The molecule has 25 heavy (non-hydrogen) atoms. The van der Waals surface area contributed by atoms with Crippen LogP contribution in [0.15, 0.2) is 51.3 Å². The molecule has 0 aliphatic rings. The van der Waals surface area contributed by atoms with Gasteiger partial charge in [-0.2, -0.15) is 9.78 Å². The van der Waals surface area contributed by atoms with Crippen LogP contribution in [0, 0.1) is 13.8 Å². The normalized spacial score (nSPS) is 11.3. The summed E-state index contributed by atoms with van der Waals surface area (Å²) in [5.41, 5.74) is 2.81. The number of carbonyl (C=O) groups is 1. The highest BCUT2D eigenvalue weighted by Gasteiger charge is 2.17. The molecule has 128 valence electrons. The lowest BCUT2D eigenvalue weighted by molar-refractivity contribution is -0.301. The van der Waals surface area contributed by atoms with Crippen LogP contribution in [0.4, 0.5) is 0 Å². The Kier molecular flexibility index (Phi) is 4.99. The van der Waals surface area contributed by atoms with Gasteiger partial charge in [0, 0.05) is 5.75 Å². The topological polar surface area (TPSA) is 96.3 Å². The molecule has 0 unspecified atom stereocenters. The van der Waals surface area contributed by atoms with Gasteiger partial charge in [0.1, 0.15) is 5.76 Å². The van der Waals surface area contributed by atoms with Crippen molar-refractivity contribution in [2.75, 3.05) is 5.75 Å². The second-order valence-electron chi connectivity index (χ2n) is 5.32. The van der Waals surface area contributed by atoms with Crippen molar-refractivity contribution in [3.63, 3.8) is 0 Å². The molecule has 2 aromatic heterocycles. The number of furan rings is 1. The maximum absolute atomic E-state index is 10.7. The maximum Gasteiger partial charge on any atom is 0.212 e. The minimum atomic E-state index is -1.18. The van der Waals surface area contributed by atoms with Crippen molar-refractivity contribution in [1.82, 2.24) is 14.9 Å². The largest absolute Gasteiger partial charge is 0.549 e. The third kappa shape index (κ3) is 3.97. The summed E-state index contributed by atoms with van der Waals surface area (Å²) in [6.45, 7) is 3.82. The monoisotopic (exact) mass is 355 g/mol. The number of carboxylic acids is 1. The average molecular weight is 355 g/mol. The van der Waals surface area contributed by atoms with E-state index in [9.17, 15) is 9.90 Å². The fraction of sp³-hybridized carbons (Fsp3) is 0.176. The molecule has 8 heteroatoms. The Bertz CT molecular complexity index is 912. The molecule has 0 fully saturated rings. The Morgan fingerprint density at radius 1 is 1.28 bits per heavy atom. The Labute approximate surface area is 148 Å². The number of carboxylic acid groups (broad SMARTS) is 1. The van der Waals surface area contributed by atoms with Crippen LogP contribution in [0.1, 0.15) is 16.9 Å². The molecule has 0 bridgehead atoms. The van der Waals surface area contributed by atoms with Crippen LogP contribution in [-0.2, 0) is 4.79 Å². The lowest BCUT2D eigenvalue weighted by Crippen LogP contribution is -2.24. The van der Waals surface area contributed by atoms with Crippen molar-refractivity contribution in [2.24, 2.45) is 5.10 Å². The number of thioether (sulfide) groups is 1. The highest BCUT2D eigenvalue weighted by Crippen LogP contribution is 2.26. The highest BCUT2D eigenvalue weighted by atomic mass is 32.2. The number of benzene rings is 1. The van der Waals surface area contributed by atoms with Crippen LogP contribution < -0.4 is 5.11 Å². The SMILES string of the molecule is Cc1ccc(/C=N\n2c(SCC(=O)[O-])nnc2-c2ccoc2C)cc1. The molecule has 2 heterocycles. The molecule has 7 nitrogen and oxygen atoms in total. The van der Waals surface area contributed by atoms with Crippen molar-refractivity contribution >= 4 is 23.9 Å². The molecule has 0 saturated heterocycles. The van der Waals surface area contributed by atoms with Gasteiger partial charge >= 0.3 is 0 Å². The fourth-order valence-electron chi connectivity index (χ4n) is 2.14. The summed E-state index contributed by atoms with van der Waals surface area (Å²) < 4.78 is 6.82. The van der Waals surface area contributed by atoms with Gasteiger partial charge in [-0.15, -0.1) is 10.2 Å². The molecule has 3 rings (SSSR count). The lowest BCUT2D eigenvalue weighted by atomic mass is 10.2. The van der Waals surface area contributed by atoms with Gasteiger partial charge in [-0.3, -0.25) is 0 Å². The Morgan fingerprint density at radius 2 is 2.04 bits per heavy atom. The van der Waals surface area contributed by atoms with Crippen molar-refractivity contribution in [1.29, 1.82) is 0 Å². The Morgan fingerprint density at radius 3 is 2.68 bits per heavy atom. The molecular formula is C17H15N4O3S-. The van der Waals surface area contributed by atoms with Gasteiger partial charge in [-0.05, 0) is 25.5 Å². The number of aromatic nitrogens is 3. The van der Waals surface area contributed by atoms with Crippen molar-refractivity contribution in [3.8, 4) is 11.4 Å². The zero-order chi connectivity index (χ0) is 17.8. The average Bonchev–Trinajstić information content (AvgIpc) is 3.18. The first-order valence-corrected chi connectivity index (χ1v) is 8.46. The van der Waals surface area contributed by atoms with Crippen molar-refractivity contribution in [2.45, 2.75) is 19.0 Å². The molecule has 1 aromatic carbocycles. The lowest BCUT2D eigenvalue weighted by Gasteiger charge is -2.04. The van der Waals surface area contributed by atoms with E-state index in [4.69, 9.17) is 4.42 Å². The predicted molar refractivity (Wildman–Crippen MR) is 92.4 cm³/mol. The van der Waals surface area contributed by atoms with E-state index in [1.807, 2.05) is 38.1 Å². The van der Waals surface area contributed by atoms with Gasteiger partial charge in [0.15, 0.2) is 5.82 Å². The number of carbonyl (C=O) groups excluding carboxylic acids is 1. The Balaban J connectivity index is 1.98. The van der Waals surface area contributed by atoms with E-state index in [0.29, 0.717) is 16.7 Å². The Hall–Kier alpha value is -2.87. The van der Waals surface area contributed by atoms with E-state index in [-0.39, 0.29) is 5.75 Å². The van der Waals surface area contributed by atoms with Crippen LogP contribution >= 0.6 is 11.8 Å². The number of aryl methyl sites for hydroxylation is 2. The van der Waals surface area contributed by atoms with Crippen LogP contribution in [0.2, 0.25) is 0 Å². The molecule has 0 radical (unpaired) electrons. The first-order valence-electron chi connectivity index (χ1n) is 7.48. The molecular weight excluding hydrogens is 340 g/mol. The summed E-state index contributed by atoms with van der Waals surface area (Å²) >= 11 is 1.000. The third-order valence-corrected chi connectivity index (χ3v) is 4.32. The van der Waals surface area contributed by atoms with Gasteiger partial charge in [-0.1, -0.05) is 41.6 Å². The smallest absolute Gasteiger partial charge is 0.212 e. The van der Waals surface area contributed by atoms with E-state index < -0.39 is 5.97 Å². The number of hydrogen-bond donors (Lipinski definition) is 0. The molecule has 0 spiro atoms. The summed E-state index contributed by atoms with van der Waals surface area (Å²) in [5, 5.41) is 23.7. The molecule has 0 aliphatic carbocycles. The summed E-state index contributed by atoms with van der Waals surface area (Å²) in [4.78, 5) is 10.7. The van der Waals surface area contributed by atoms with Crippen molar-refractivity contribution in [3.05, 3.63) is 53.5 Å². The highest BCUT2D eigenvalue weighted by molar-refractivity contribution is 7.99. The van der Waals surface area contributed by atoms with Gasteiger partial charge in [-0.25, -0.2) is 0 Å². The molecule has 0 N–H and O–H groups in total. The van der Waals surface area contributed by atoms with Crippen molar-refractivity contribution < 1.29 is 14.3 Å². The second-order valence-corrected chi connectivity index (χ2v) is 6.27. The van der Waals surface area contributed by atoms with E-state index >= 15 is 0 Å². The van der Waals surface area contributed by atoms with E-state index in [0.717, 1.165) is 28.5 Å². The first kappa shape index (κ1) is 17.0. The molecule has 0 saturated carbocycles. The minimum Gasteiger partial charge on any atom is -0.549 e. The quantitative estimate of drug-likeness (QED) is 0.495. The summed E-state index contributed by atoms with van der Waals surface area (Å²) in [6.07, 6.45) is 3.23. The molecule has 0 aliphatic heterocycles. The van der Waals surface area contributed by atoms with Gasteiger partial charge in [0.05, 0.1) is 24.0 Å². The van der Waals surface area contributed by atoms with Crippen LogP contribution in [0.25, 0.3) is 11.4 Å².